The molecule has 4 heteroatoms. The van der Waals surface area contributed by atoms with Crippen LogP contribution in [0.2, 0.25) is 0 Å². The summed E-state index contributed by atoms with van der Waals surface area (Å²) in [6.45, 7) is 0. The molecule has 0 saturated carbocycles. The number of aromatic amines is 1. The summed E-state index contributed by atoms with van der Waals surface area (Å²) >= 11 is 0. The van der Waals surface area contributed by atoms with Crippen LogP contribution in [-0.4, -0.2) is 21.3 Å². The van der Waals surface area contributed by atoms with Gasteiger partial charge in [0.15, 0.2) is 0 Å². The minimum atomic E-state index is -0.732. The molecule has 1 aliphatic carbocycles. The van der Waals surface area contributed by atoms with Gasteiger partial charge in [-0.3, -0.25) is 9.89 Å². The molecule has 0 aromatic carbocycles. The van der Waals surface area contributed by atoms with Gasteiger partial charge in [-0.1, -0.05) is 6.42 Å². The summed E-state index contributed by atoms with van der Waals surface area (Å²) in [5.41, 5.74) is 1.88. The summed E-state index contributed by atoms with van der Waals surface area (Å²) in [5, 5.41) is 15.7. The highest BCUT2D eigenvalue weighted by Crippen LogP contribution is 2.28. The maximum Gasteiger partial charge on any atom is 0.311 e. The van der Waals surface area contributed by atoms with Crippen molar-refractivity contribution in [1.29, 1.82) is 0 Å². The van der Waals surface area contributed by atoms with Crippen LogP contribution in [0.25, 0.3) is 0 Å². The first-order valence-electron chi connectivity index (χ1n) is 4.54. The Morgan fingerprint density at radius 3 is 3.23 bits per heavy atom. The van der Waals surface area contributed by atoms with Crippen molar-refractivity contribution in [3.8, 4) is 0 Å². The molecular weight excluding hydrogens is 168 g/mol. The first-order valence-corrected chi connectivity index (χ1v) is 4.54. The number of fused-ring (bicyclic) bond motifs is 1. The zero-order valence-electron chi connectivity index (χ0n) is 7.29. The van der Waals surface area contributed by atoms with E-state index in [0.29, 0.717) is 0 Å². The van der Waals surface area contributed by atoms with Gasteiger partial charge >= 0.3 is 5.97 Å². The Labute approximate surface area is 76.0 Å². The molecule has 0 bridgehead atoms. The zero-order valence-corrected chi connectivity index (χ0v) is 7.29. The van der Waals surface area contributed by atoms with Gasteiger partial charge in [0.25, 0.3) is 0 Å². The number of carboxylic acids is 1. The summed E-state index contributed by atoms with van der Waals surface area (Å²) in [6.07, 6.45) is 5.36. The van der Waals surface area contributed by atoms with Crippen molar-refractivity contribution in [2.75, 3.05) is 0 Å². The molecule has 1 aromatic heterocycles. The Morgan fingerprint density at radius 2 is 2.46 bits per heavy atom. The van der Waals surface area contributed by atoms with Gasteiger partial charge in [0.05, 0.1) is 12.1 Å². The van der Waals surface area contributed by atoms with Gasteiger partial charge in [-0.15, -0.1) is 0 Å². The molecule has 0 radical (unpaired) electrons. The number of carboxylic acid groups (broad SMARTS) is 1. The number of aromatic nitrogens is 2. The molecule has 1 aromatic rings. The molecule has 1 heterocycles. The second-order valence-electron chi connectivity index (χ2n) is 3.44. The van der Waals surface area contributed by atoms with E-state index in [1.807, 2.05) is 0 Å². The van der Waals surface area contributed by atoms with Crippen LogP contribution < -0.4 is 0 Å². The monoisotopic (exact) mass is 180 g/mol. The molecule has 0 aliphatic heterocycles. The van der Waals surface area contributed by atoms with Gasteiger partial charge < -0.3 is 5.11 Å². The van der Waals surface area contributed by atoms with E-state index in [2.05, 4.69) is 10.2 Å². The van der Waals surface area contributed by atoms with E-state index in [1.54, 1.807) is 6.20 Å². The number of rotatable bonds is 1. The van der Waals surface area contributed by atoms with Crippen LogP contribution in [-0.2, 0) is 11.2 Å². The van der Waals surface area contributed by atoms with Crippen LogP contribution in [0.3, 0.4) is 0 Å². The largest absolute Gasteiger partial charge is 0.481 e. The van der Waals surface area contributed by atoms with E-state index in [-0.39, 0.29) is 5.92 Å². The van der Waals surface area contributed by atoms with E-state index in [4.69, 9.17) is 5.11 Å². The molecule has 0 fully saturated rings. The summed E-state index contributed by atoms with van der Waals surface area (Å²) in [7, 11) is 0. The molecule has 13 heavy (non-hydrogen) atoms. The van der Waals surface area contributed by atoms with E-state index in [0.717, 1.165) is 36.9 Å². The van der Waals surface area contributed by atoms with Crippen LogP contribution in [0.5, 0.6) is 0 Å². The SMILES string of the molecule is O=C(O)C1CCCCc2[nH]ncc21. The predicted molar refractivity (Wildman–Crippen MR) is 46.5 cm³/mol. The standard InChI is InChI=1S/C9H12N2O2/c12-9(13)6-3-1-2-4-8-7(6)5-10-11-8/h5-6H,1-4H2,(H,10,11)(H,12,13). The van der Waals surface area contributed by atoms with Crippen molar-refractivity contribution < 1.29 is 9.90 Å². The van der Waals surface area contributed by atoms with E-state index in [9.17, 15) is 4.79 Å². The number of nitrogens with zero attached hydrogens (tertiary/aromatic N) is 1. The second kappa shape index (κ2) is 3.20. The highest BCUT2D eigenvalue weighted by Gasteiger charge is 2.25. The molecule has 0 amide bonds. The molecule has 70 valence electrons. The quantitative estimate of drug-likeness (QED) is 0.640. The Morgan fingerprint density at radius 1 is 1.62 bits per heavy atom. The molecule has 0 saturated heterocycles. The lowest BCUT2D eigenvalue weighted by atomic mass is 9.97. The van der Waals surface area contributed by atoms with E-state index < -0.39 is 5.97 Å². The number of H-pyrrole nitrogens is 1. The third kappa shape index (κ3) is 1.43. The van der Waals surface area contributed by atoms with Gasteiger partial charge in [-0.2, -0.15) is 5.10 Å². The van der Waals surface area contributed by atoms with Gasteiger partial charge in [-0.25, -0.2) is 0 Å². The summed E-state index contributed by atoms with van der Waals surface area (Å²) in [5.74, 6) is -1.08. The van der Waals surface area contributed by atoms with E-state index in [1.165, 1.54) is 0 Å². The molecule has 1 unspecified atom stereocenters. The molecule has 1 aliphatic rings. The van der Waals surface area contributed by atoms with Crippen LogP contribution >= 0.6 is 0 Å². The topological polar surface area (TPSA) is 66.0 Å². The van der Waals surface area contributed by atoms with Gasteiger partial charge in [0, 0.05) is 11.3 Å². The van der Waals surface area contributed by atoms with Crippen molar-refractivity contribution in [2.45, 2.75) is 31.6 Å². The first-order chi connectivity index (χ1) is 6.29. The maximum atomic E-state index is 10.9. The lowest BCUT2D eigenvalue weighted by Gasteiger charge is -2.07. The summed E-state index contributed by atoms with van der Waals surface area (Å²) in [6, 6.07) is 0. The molecule has 1 atom stereocenters. The Kier molecular flexibility index (Phi) is 2.04. The number of hydrogen-bond donors (Lipinski definition) is 2. The lowest BCUT2D eigenvalue weighted by Crippen LogP contribution is -2.10. The fourth-order valence-electron chi connectivity index (χ4n) is 1.88. The minimum absolute atomic E-state index is 0.351. The Balaban J connectivity index is 2.36. The van der Waals surface area contributed by atoms with E-state index >= 15 is 0 Å². The predicted octanol–water partition coefficient (Wildman–Crippen LogP) is 1.30. The Bertz CT molecular complexity index is 319. The number of aryl methyl sites for hydroxylation is 1. The number of carbonyl (C=O) groups is 1. The van der Waals surface area contributed by atoms with Crippen LogP contribution in [0, 0.1) is 0 Å². The number of hydrogen-bond acceptors (Lipinski definition) is 2. The Hall–Kier alpha value is -1.32. The van der Waals surface area contributed by atoms with Gasteiger partial charge in [0.1, 0.15) is 0 Å². The van der Waals surface area contributed by atoms with Crippen molar-refractivity contribution in [3.05, 3.63) is 17.5 Å². The molecule has 0 spiro atoms. The normalized spacial score (nSPS) is 22.0. The maximum absolute atomic E-state index is 10.9. The molecule has 4 nitrogen and oxygen atoms in total. The fourth-order valence-corrected chi connectivity index (χ4v) is 1.88. The molecular formula is C9H12N2O2. The second-order valence-corrected chi connectivity index (χ2v) is 3.44. The smallest absolute Gasteiger partial charge is 0.311 e. The molecule has 2 rings (SSSR count). The van der Waals surface area contributed by atoms with Crippen LogP contribution in [0.15, 0.2) is 6.20 Å². The average Bonchev–Trinajstić information content (AvgIpc) is 2.44. The number of nitrogens with one attached hydrogen (secondary N) is 1. The third-order valence-electron chi connectivity index (χ3n) is 2.59. The zero-order chi connectivity index (χ0) is 9.26. The number of aliphatic carboxylic acids is 1. The lowest BCUT2D eigenvalue weighted by molar-refractivity contribution is -0.139. The average molecular weight is 180 g/mol. The minimum Gasteiger partial charge on any atom is -0.481 e. The third-order valence-corrected chi connectivity index (χ3v) is 2.59. The summed E-state index contributed by atoms with van der Waals surface area (Å²) in [4.78, 5) is 10.9. The highest BCUT2D eigenvalue weighted by atomic mass is 16.4. The molecule has 2 N–H and O–H groups in total. The van der Waals surface area contributed by atoms with Gasteiger partial charge in [0.2, 0.25) is 0 Å². The fraction of sp³-hybridized carbons (Fsp3) is 0.556. The van der Waals surface area contributed by atoms with Crippen LogP contribution in [0.1, 0.15) is 36.4 Å². The van der Waals surface area contributed by atoms with Crippen molar-refractivity contribution in [3.63, 3.8) is 0 Å². The van der Waals surface area contributed by atoms with Crippen molar-refractivity contribution >= 4 is 5.97 Å². The van der Waals surface area contributed by atoms with Gasteiger partial charge in [-0.05, 0) is 19.3 Å². The van der Waals surface area contributed by atoms with Crippen molar-refractivity contribution in [1.82, 2.24) is 10.2 Å². The van der Waals surface area contributed by atoms with Crippen molar-refractivity contribution in [2.24, 2.45) is 0 Å². The van der Waals surface area contributed by atoms with Crippen LogP contribution in [0.4, 0.5) is 0 Å². The first kappa shape index (κ1) is 8.29. The highest BCUT2D eigenvalue weighted by molar-refractivity contribution is 5.76. The summed E-state index contributed by atoms with van der Waals surface area (Å²) < 4.78 is 0.